The smallest absolute Gasteiger partial charge is 0.0848 e. The second-order valence-electron chi connectivity index (χ2n) is 35.8. The van der Waals surface area contributed by atoms with E-state index in [1.807, 2.05) is 0 Å². The van der Waals surface area contributed by atoms with Crippen molar-refractivity contribution in [3.05, 3.63) is 84.0 Å². The largest absolute Gasteiger partial charge is 0.251 e. The number of rotatable bonds is 91. The fourth-order valence-electron chi connectivity index (χ4n) is 17.0. The standard InChI is InChI=1S/C109H196N2.Pd/c1-5-9-13-17-21-24-27-30-33-36-39-42-45-48-51-54-57-60-63-66-69-72-75-78-81-84-88-92-104-96-100-106(101-97-104)110-108(94-90-86-20-16-12-8-4)109(95-91-87-83-80-77-74-71-68-65-62-59-56-53-50-47-44-41-38-35-32-29-26-23-19-15-11-7-3)111-107-102-98-105(99-103-107)93-89-85-82-79-76-73-70-67-64-61-58-55-52-49-46-43-40-37-34-31-28-25-22-18-14-10-6-2;/h88-89,91-93,95-103H,5-87,90,94H2,1-4H3;. The van der Waals surface area contributed by atoms with Crippen LogP contribution in [-0.4, -0.2) is 11.4 Å². The van der Waals surface area contributed by atoms with Crippen molar-refractivity contribution in [3.63, 3.8) is 0 Å². The second-order valence-corrected chi connectivity index (χ2v) is 35.8. The predicted octanol–water partition coefficient (Wildman–Crippen LogP) is 40.3. The van der Waals surface area contributed by atoms with Crippen LogP contribution in [0.2, 0.25) is 0 Å². The van der Waals surface area contributed by atoms with E-state index in [1.165, 1.54) is 538 Å². The summed E-state index contributed by atoms with van der Waals surface area (Å²) < 4.78 is 0. The SMILES string of the molecule is CCCCCCCCCCCCCCCCCCCCCCCCCCCC=CC(=Nc1ccc(C=CCCCCCCCCCCCCCCCCCCCCCCCCCCC)cc1)C(CCCCCCCC)=Nc1ccc(C=CCCCCCCCCCCCCCCCCCCCCCCCCCCC)cc1.[Pd]. The van der Waals surface area contributed by atoms with Crippen LogP contribution in [0.3, 0.4) is 0 Å². The minimum Gasteiger partial charge on any atom is -0.251 e. The van der Waals surface area contributed by atoms with Gasteiger partial charge >= 0.3 is 0 Å². The third kappa shape index (κ3) is 78.8. The third-order valence-corrected chi connectivity index (χ3v) is 24.7. The molecule has 0 aromatic heterocycles. The van der Waals surface area contributed by atoms with Gasteiger partial charge in [-0.15, -0.1) is 0 Å². The molecular formula is C109H196N2Pd. The molecule has 652 valence electrons. The summed E-state index contributed by atoms with van der Waals surface area (Å²) in [5, 5.41) is 0. The molecule has 3 heteroatoms. The zero-order chi connectivity index (χ0) is 78.9. The van der Waals surface area contributed by atoms with Crippen molar-refractivity contribution < 1.29 is 20.4 Å². The van der Waals surface area contributed by atoms with Crippen molar-refractivity contribution in [2.24, 2.45) is 9.98 Å². The molecule has 2 aromatic carbocycles. The van der Waals surface area contributed by atoms with Crippen molar-refractivity contribution >= 4 is 35.0 Å². The van der Waals surface area contributed by atoms with E-state index in [4.69, 9.17) is 9.98 Å². The van der Waals surface area contributed by atoms with Gasteiger partial charge < -0.3 is 0 Å². The van der Waals surface area contributed by atoms with Gasteiger partial charge in [0, 0.05) is 20.4 Å². The average Bonchev–Trinajstić information content (AvgIpc) is 0.858. The summed E-state index contributed by atoms with van der Waals surface area (Å²) in [6.45, 7) is 9.27. The first-order valence-corrected chi connectivity index (χ1v) is 51.6. The van der Waals surface area contributed by atoms with Gasteiger partial charge in [-0.1, -0.05) is 577 Å². The fourth-order valence-corrected chi connectivity index (χ4v) is 17.0. The van der Waals surface area contributed by atoms with Crippen LogP contribution in [0.15, 0.2) is 82.8 Å². The van der Waals surface area contributed by atoms with Gasteiger partial charge in [0.15, 0.2) is 0 Å². The normalized spacial score (nSPS) is 12.2. The van der Waals surface area contributed by atoms with Crippen LogP contribution in [-0.2, 0) is 20.4 Å². The second kappa shape index (κ2) is 92.5. The molecule has 2 nitrogen and oxygen atoms in total. The monoisotopic (exact) mass is 1640 g/mol. The summed E-state index contributed by atoms with van der Waals surface area (Å²) >= 11 is 0. The summed E-state index contributed by atoms with van der Waals surface area (Å²) in [7, 11) is 0. The van der Waals surface area contributed by atoms with Gasteiger partial charge in [-0.25, -0.2) is 4.99 Å². The van der Waals surface area contributed by atoms with E-state index in [-0.39, 0.29) is 20.4 Å². The molecule has 0 heterocycles. The maximum absolute atomic E-state index is 5.49. The number of hydrogen-bond donors (Lipinski definition) is 0. The summed E-state index contributed by atoms with van der Waals surface area (Å²) in [5.41, 5.74) is 6.80. The van der Waals surface area contributed by atoms with E-state index >= 15 is 0 Å². The van der Waals surface area contributed by atoms with Gasteiger partial charge in [0.25, 0.3) is 0 Å². The Hall–Kier alpha value is -2.34. The number of unbranched alkanes of at least 4 members (excludes halogenated alkanes) is 80. The first-order valence-electron chi connectivity index (χ1n) is 51.6. The van der Waals surface area contributed by atoms with E-state index in [9.17, 15) is 0 Å². The Morgan fingerprint density at radius 2 is 0.366 bits per heavy atom. The van der Waals surface area contributed by atoms with E-state index in [2.05, 4.69) is 113 Å². The molecule has 0 aliphatic rings. The number of hydrogen-bond acceptors (Lipinski definition) is 2. The van der Waals surface area contributed by atoms with E-state index in [0.29, 0.717) is 0 Å². The fraction of sp³-hybridized carbons (Fsp3) is 0.817. The third-order valence-electron chi connectivity index (χ3n) is 24.7. The topological polar surface area (TPSA) is 24.7 Å². The number of nitrogens with zero attached hydrogens (tertiary/aromatic N) is 2. The molecule has 2 aromatic rings. The molecule has 0 saturated heterocycles. The van der Waals surface area contributed by atoms with Crippen LogP contribution in [0.5, 0.6) is 0 Å². The Balaban J connectivity index is 0.0000627. The molecule has 112 heavy (non-hydrogen) atoms. The molecule has 0 aliphatic carbocycles. The van der Waals surface area contributed by atoms with Gasteiger partial charge in [-0.2, -0.15) is 0 Å². The Bertz CT molecular complexity index is 2270. The molecule has 0 radical (unpaired) electrons. The summed E-state index contributed by atoms with van der Waals surface area (Å²) in [5.74, 6) is 0. The zero-order valence-corrected chi connectivity index (χ0v) is 78.0. The number of allylic oxidation sites excluding steroid dienone is 4. The van der Waals surface area contributed by atoms with Gasteiger partial charge in [0.2, 0.25) is 0 Å². The summed E-state index contributed by atoms with van der Waals surface area (Å²) in [4.78, 5) is 11.0. The Kier molecular flexibility index (Phi) is 89.0. The molecule has 0 unspecified atom stereocenters. The first-order chi connectivity index (χ1) is 55.2. The van der Waals surface area contributed by atoms with Crippen molar-refractivity contribution in [2.75, 3.05) is 0 Å². The van der Waals surface area contributed by atoms with Crippen LogP contribution in [0.1, 0.15) is 585 Å². The van der Waals surface area contributed by atoms with Crippen molar-refractivity contribution in [1.82, 2.24) is 0 Å². The number of benzene rings is 2. The summed E-state index contributed by atoms with van der Waals surface area (Å²) in [6.07, 6.45) is 134. The van der Waals surface area contributed by atoms with Crippen molar-refractivity contribution in [3.8, 4) is 0 Å². The predicted molar refractivity (Wildman–Crippen MR) is 509 cm³/mol. The molecule has 0 aliphatic heterocycles. The van der Waals surface area contributed by atoms with E-state index < -0.39 is 0 Å². The average molecular weight is 1640 g/mol. The first kappa shape index (κ1) is 108. The van der Waals surface area contributed by atoms with Crippen LogP contribution >= 0.6 is 0 Å². The molecule has 0 amide bonds. The molecule has 2 rings (SSSR count). The van der Waals surface area contributed by atoms with E-state index in [1.54, 1.807) is 0 Å². The molecule has 0 saturated carbocycles. The van der Waals surface area contributed by atoms with Crippen LogP contribution in [0.4, 0.5) is 11.4 Å². The molecule has 0 N–H and O–H groups in total. The molecular weight excluding hydrogens is 1440 g/mol. The van der Waals surface area contributed by atoms with Crippen molar-refractivity contribution in [1.29, 1.82) is 0 Å². The maximum Gasteiger partial charge on any atom is 0.0848 e. The Morgan fingerprint density at radius 3 is 0.571 bits per heavy atom. The van der Waals surface area contributed by atoms with Crippen LogP contribution in [0, 0.1) is 0 Å². The van der Waals surface area contributed by atoms with Gasteiger partial charge in [0.1, 0.15) is 0 Å². The van der Waals surface area contributed by atoms with Crippen LogP contribution in [0.25, 0.3) is 12.2 Å². The molecule has 0 spiro atoms. The Labute approximate surface area is 717 Å². The van der Waals surface area contributed by atoms with Gasteiger partial charge in [-0.05, 0) is 92.8 Å². The maximum atomic E-state index is 5.49. The minimum absolute atomic E-state index is 0. The number of aliphatic imine (C=N–C) groups is 2. The Morgan fingerprint density at radius 1 is 0.196 bits per heavy atom. The molecule has 0 atom stereocenters. The van der Waals surface area contributed by atoms with Crippen molar-refractivity contribution in [2.45, 2.75) is 573 Å². The zero-order valence-electron chi connectivity index (χ0n) is 76.4. The van der Waals surface area contributed by atoms with Gasteiger partial charge in [0.05, 0.1) is 22.8 Å². The molecule has 0 fully saturated rings. The van der Waals surface area contributed by atoms with Gasteiger partial charge in [-0.3, -0.25) is 4.99 Å². The molecule has 0 bridgehead atoms. The summed E-state index contributed by atoms with van der Waals surface area (Å²) in [6, 6.07) is 18.1. The quantitative estimate of drug-likeness (QED) is 0.0358. The minimum atomic E-state index is 0. The van der Waals surface area contributed by atoms with Crippen LogP contribution < -0.4 is 0 Å². The van der Waals surface area contributed by atoms with E-state index in [0.717, 1.165) is 42.1 Å².